The highest BCUT2D eigenvalue weighted by Crippen LogP contribution is 2.24. The number of carbonyl (C=O) groups excluding carboxylic acids is 1. The van der Waals surface area contributed by atoms with Gasteiger partial charge < -0.3 is 10.4 Å². The Labute approximate surface area is 110 Å². The predicted octanol–water partition coefficient (Wildman–Crippen LogP) is 0.838. The van der Waals surface area contributed by atoms with Crippen LogP contribution in [0.2, 0.25) is 0 Å². The van der Waals surface area contributed by atoms with Gasteiger partial charge in [-0.25, -0.2) is 12.8 Å². The molecule has 1 amide bonds. The molecule has 0 aliphatic carbocycles. The average Bonchev–Trinajstić information content (AvgIpc) is 2.52. The van der Waals surface area contributed by atoms with Crippen molar-refractivity contribution < 1.29 is 22.7 Å². The number of carbonyl (C=O) groups is 1. The van der Waals surface area contributed by atoms with E-state index in [2.05, 4.69) is 5.32 Å². The molecule has 1 unspecified atom stereocenters. The van der Waals surface area contributed by atoms with Crippen LogP contribution in [0.5, 0.6) is 5.75 Å². The number of phenolic OH excluding ortho intramolecular Hbond substituents is 1. The normalized spacial score (nSPS) is 25.2. The molecule has 7 heteroatoms. The lowest BCUT2D eigenvalue weighted by molar-refractivity contribution is 0.0911. The summed E-state index contributed by atoms with van der Waals surface area (Å²) in [5.74, 6) is -1.93. The van der Waals surface area contributed by atoms with Crippen molar-refractivity contribution in [1.82, 2.24) is 5.32 Å². The standard InChI is InChI=1S/C12H14FNO4S/c1-12(4-5-19(17,18)7-12)14-11(16)9-3-2-8(15)6-10(9)13/h2-3,6,15H,4-5,7H2,1H3,(H,14,16). The summed E-state index contributed by atoms with van der Waals surface area (Å²) >= 11 is 0. The van der Waals surface area contributed by atoms with Crippen molar-refractivity contribution in [1.29, 1.82) is 0 Å². The maximum atomic E-state index is 13.5. The Morgan fingerprint density at radius 3 is 2.68 bits per heavy atom. The minimum atomic E-state index is -3.15. The number of hydrogen-bond donors (Lipinski definition) is 2. The van der Waals surface area contributed by atoms with Gasteiger partial charge in [-0.3, -0.25) is 4.79 Å². The zero-order valence-electron chi connectivity index (χ0n) is 10.3. The van der Waals surface area contributed by atoms with Gasteiger partial charge in [0.1, 0.15) is 11.6 Å². The molecule has 2 rings (SSSR count). The second-order valence-corrected chi connectivity index (χ2v) is 7.21. The zero-order valence-corrected chi connectivity index (χ0v) is 11.1. The van der Waals surface area contributed by atoms with Crippen LogP contribution in [0.15, 0.2) is 18.2 Å². The van der Waals surface area contributed by atoms with Crippen LogP contribution in [-0.2, 0) is 9.84 Å². The molecule has 0 bridgehead atoms. The molecule has 1 aliphatic heterocycles. The Morgan fingerprint density at radius 2 is 2.16 bits per heavy atom. The van der Waals surface area contributed by atoms with Crippen LogP contribution < -0.4 is 5.32 Å². The maximum Gasteiger partial charge on any atom is 0.254 e. The van der Waals surface area contributed by atoms with E-state index in [4.69, 9.17) is 5.11 Å². The van der Waals surface area contributed by atoms with Gasteiger partial charge in [-0.1, -0.05) is 0 Å². The van der Waals surface area contributed by atoms with Crippen LogP contribution in [0.3, 0.4) is 0 Å². The Morgan fingerprint density at radius 1 is 1.47 bits per heavy atom. The fraction of sp³-hybridized carbons (Fsp3) is 0.417. The summed E-state index contributed by atoms with van der Waals surface area (Å²) in [4.78, 5) is 11.9. The van der Waals surface area contributed by atoms with Crippen LogP contribution in [0.4, 0.5) is 4.39 Å². The van der Waals surface area contributed by atoms with Crippen molar-refractivity contribution in [2.24, 2.45) is 0 Å². The lowest BCUT2D eigenvalue weighted by Gasteiger charge is -2.23. The molecule has 19 heavy (non-hydrogen) atoms. The van der Waals surface area contributed by atoms with E-state index < -0.39 is 27.1 Å². The number of hydrogen-bond acceptors (Lipinski definition) is 4. The van der Waals surface area contributed by atoms with E-state index >= 15 is 0 Å². The van der Waals surface area contributed by atoms with Gasteiger partial charge in [-0.05, 0) is 25.5 Å². The van der Waals surface area contributed by atoms with Crippen LogP contribution >= 0.6 is 0 Å². The SMILES string of the molecule is CC1(NC(=O)c2ccc(O)cc2F)CCS(=O)(=O)C1. The number of aromatic hydroxyl groups is 1. The summed E-state index contributed by atoms with van der Waals surface area (Å²) in [7, 11) is -3.15. The highest BCUT2D eigenvalue weighted by Gasteiger charge is 2.39. The van der Waals surface area contributed by atoms with Gasteiger partial charge >= 0.3 is 0 Å². The molecular weight excluding hydrogens is 273 g/mol. The molecule has 2 N–H and O–H groups in total. The van der Waals surface area contributed by atoms with Gasteiger partial charge in [0.15, 0.2) is 9.84 Å². The van der Waals surface area contributed by atoms with E-state index in [-0.39, 0.29) is 22.8 Å². The van der Waals surface area contributed by atoms with Crippen molar-refractivity contribution in [2.75, 3.05) is 11.5 Å². The number of sulfone groups is 1. The fourth-order valence-electron chi connectivity index (χ4n) is 2.14. The van der Waals surface area contributed by atoms with Crippen molar-refractivity contribution in [2.45, 2.75) is 18.9 Å². The molecule has 1 aromatic carbocycles. The van der Waals surface area contributed by atoms with Gasteiger partial charge in [0.25, 0.3) is 5.91 Å². The van der Waals surface area contributed by atoms with Gasteiger partial charge in [0.05, 0.1) is 22.6 Å². The largest absolute Gasteiger partial charge is 0.508 e. The van der Waals surface area contributed by atoms with Gasteiger partial charge in [0.2, 0.25) is 0 Å². The summed E-state index contributed by atoms with van der Waals surface area (Å²) in [5.41, 5.74) is -1.09. The summed E-state index contributed by atoms with van der Waals surface area (Å²) in [5, 5.41) is 11.6. The third kappa shape index (κ3) is 3.04. The quantitative estimate of drug-likeness (QED) is 0.844. The number of halogens is 1. The minimum absolute atomic E-state index is 0.0157. The number of amides is 1. The minimum Gasteiger partial charge on any atom is -0.508 e. The molecule has 0 spiro atoms. The summed E-state index contributed by atoms with van der Waals surface area (Å²) in [6, 6.07) is 3.20. The van der Waals surface area contributed by atoms with Crippen LogP contribution in [0.25, 0.3) is 0 Å². The van der Waals surface area contributed by atoms with E-state index in [1.165, 1.54) is 6.07 Å². The maximum absolute atomic E-state index is 13.5. The van der Waals surface area contributed by atoms with E-state index in [1.807, 2.05) is 0 Å². The second-order valence-electron chi connectivity index (χ2n) is 5.02. The zero-order chi connectivity index (χ0) is 14.3. The van der Waals surface area contributed by atoms with E-state index in [9.17, 15) is 17.6 Å². The molecule has 0 radical (unpaired) electrons. The summed E-state index contributed by atoms with van der Waals surface area (Å²) < 4.78 is 36.3. The van der Waals surface area contributed by atoms with Crippen molar-refractivity contribution in [3.63, 3.8) is 0 Å². The molecule has 1 fully saturated rings. The third-order valence-corrected chi connectivity index (χ3v) is 5.02. The topological polar surface area (TPSA) is 83.5 Å². The number of rotatable bonds is 2. The molecule has 1 aliphatic rings. The van der Waals surface area contributed by atoms with Crippen molar-refractivity contribution in [3.05, 3.63) is 29.6 Å². The summed E-state index contributed by atoms with van der Waals surface area (Å²) in [6.45, 7) is 1.62. The Kier molecular flexibility index (Phi) is 3.25. The van der Waals surface area contributed by atoms with Gasteiger partial charge in [0, 0.05) is 6.07 Å². The molecule has 0 aromatic heterocycles. The Balaban J connectivity index is 2.18. The monoisotopic (exact) mass is 287 g/mol. The molecule has 1 heterocycles. The molecule has 1 aromatic rings. The lowest BCUT2D eigenvalue weighted by Crippen LogP contribution is -2.47. The van der Waals surface area contributed by atoms with E-state index in [0.717, 1.165) is 12.1 Å². The molecular formula is C12H14FNO4S. The van der Waals surface area contributed by atoms with E-state index in [1.54, 1.807) is 6.92 Å². The molecule has 1 atom stereocenters. The van der Waals surface area contributed by atoms with Crippen LogP contribution in [0.1, 0.15) is 23.7 Å². The van der Waals surface area contributed by atoms with Crippen LogP contribution in [-0.4, -0.2) is 36.5 Å². The second kappa shape index (κ2) is 4.48. The summed E-state index contributed by atoms with van der Waals surface area (Å²) in [6.07, 6.45) is 0.306. The van der Waals surface area contributed by atoms with Gasteiger partial charge in [-0.2, -0.15) is 0 Å². The molecule has 5 nitrogen and oxygen atoms in total. The first kappa shape index (κ1) is 13.8. The third-order valence-electron chi connectivity index (χ3n) is 3.12. The first-order chi connectivity index (χ1) is 8.71. The van der Waals surface area contributed by atoms with Gasteiger partial charge in [-0.15, -0.1) is 0 Å². The van der Waals surface area contributed by atoms with Crippen molar-refractivity contribution >= 4 is 15.7 Å². The number of nitrogens with one attached hydrogen (secondary N) is 1. The number of phenols is 1. The Bertz CT molecular complexity index is 629. The molecule has 0 saturated carbocycles. The first-order valence-electron chi connectivity index (χ1n) is 5.72. The number of benzene rings is 1. The molecule has 1 saturated heterocycles. The lowest BCUT2D eigenvalue weighted by atomic mass is 10.0. The average molecular weight is 287 g/mol. The van der Waals surface area contributed by atoms with Crippen LogP contribution in [0, 0.1) is 5.82 Å². The van der Waals surface area contributed by atoms with E-state index in [0.29, 0.717) is 6.42 Å². The highest BCUT2D eigenvalue weighted by atomic mass is 32.2. The highest BCUT2D eigenvalue weighted by molar-refractivity contribution is 7.91. The fourth-order valence-corrected chi connectivity index (χ4v) is 4.23. The predicted molar refractivity (Wildman–Crippen MR) is 67.2 cm³/mol. The first-order valence-corrected chi connectivity index (χ1v) is 7.54. The van der Waals surface area contributed by atoms with Crippen molar-refractivity contribution in [3.8, 4) is 5.75 Å². The smallest absolute Gasteiger partial charge is 0.254 e. The molecule has 104 valence electrons. The Hall–Kier alpha value is -1.63.